The monoisotopic (exact) mass is 435 g/mol. The number of hydrogen-bond acceptors (Lipinski definition) is 7. The number of fused-ring (bicyclic) bond motifs is 1. The maximum atomic E-state index is 9.87. The molecule has 0 atom stereocenters. The summed E-state index contributed by atoms with van der Waals surface area (Å²) in [6.07, 6.45) is 2.22. The van der Waals surface area contributed by atoms with Gasteiger partial charge in [0, 0.05) is 43.2 Å². The average molecular weight is 436 g/mol. The summed E-state index contributed by atoms with van der Waals surface area (Å²) in [4.78, 5) is 10.4. The molecule has 7 rings (SSSR count). The van der Waals surface area contributed by atoms with Gasteiger partial charge in [-0.3, -0.25) is 14.8 Å². The zero-order chi connectivity index (χ0) is 22.1. The highest BCUT2D eigenvalue weighted by atomic mass is 16.7. The van der Waals surface area contributed by atoms with Crippen molar-refractivity contribution in [3.05, 3.63) is 47.5 Å². The molecule has 4 fully saturated rings. The molecule has 2 aromatic carbocycles. The van der Waals surface area contributed by atoms with E-state index in [-0.39, 0.29) is 28.8 Å². The number of methoxy groups -OCH3 is 1. The molecular weight excluding hydrogens is 406 g/mol. The normalized spacial score (nSPS) is 36.7. The quantitative estimate of drug-likeness (QED) is 0.744. The van der Waals surface area contributed by atoms with Crippen LogP contribution in [-0.2, 0) is 0 Å². The number of phenols is 1. The van der Waals surface area contributed by atoms with Crippen molar-refractivity contribution in [3.8, 4) is 23.0 Å². The van der Waals surface area contributed by atoms with Crippen LogP contribution in [0.4, 0.5) is 0 Å². The van der Waals surface area contributed by atoms with Gasteiger partial charge in [0.25, 0.3) is 0 Å². The van der Waals surface area contributed by atoms with Gasteiger partial charge in [0.1, 0.15) is 0 Å². The Kier molecular flexibility index (Phi) is 4.26. The van der Waals surface area contributed by atoms with Crippen LogP contribution in [0.15, 0.2) is 41.4 Å². The molecule has 168 valence electrons. The summed E-state index contributed by atoms with van der Waals surface area (Å²) in [7, 11) is 1.56. The smallest absolute Gasteiger partial charge is 0.231 e. The van der Waals surface area contributed by atoms with Crippen molar-refractivity contribution in [1.29, 1.82) is 0 Å². The Labute approximate surface area is 188 Å². The molecule has 32 heavy (non-hydrogen) atoms. The number of phenolic OH excluding ortho intramolecular Hbond substituents is 1. The van der Waals surface area contributed by atoms with E-state index in [0.29, 0.717) is 12.5 Å². The predicted octanol–water partition coefficient (Wildman–Crippen LogP) is 3.27. The third-order valence-electron chi connectivity index (χ3n) is 7.54. The van der Waals surface area contributed by atoms with E-state index in [1.807, 2.05) is 24.4 Å². The minimum Gasteiger partial charge on any atom is -0.504 e. The molecule has 7 nitrogen and oxygen atoms in total. The Bertz CT molecular complexity index is 1060. The highest BCUT2D eigenvalue weighted by molar-refractivity contribution is 5.81. The Balaban J connectivity index is 1.27. The molecule has 5 aliphatic heterocycles. The number of hydrogen-bond donors (Lipinski definition) is 1. The Hall–Kier alpha value is -2.77. The molecule has 7 heteroatoms. The molecule has 0 amide bonds. The summed E-state index contributed by atoms with van der Waals surface area (Å²) < 4.78 is 16.4. The molecular formula is C25H29N3O4. The fourth-order valence-corrected chi connectivity index (χ4v) is 6.62. The third kappa shape index (κ3) is 2.91. The minimum absolute atomic E-state index is 0.0790. The van der Waals surface area contributed by atoms with Crippen LogP contribution in [0.1, 0.15) is 31.1 Å². The average Bonchev–Trinajstić information content (AvgIpc) is 3.21. The van der Waals surface area contributed by atoms with Gasteiger partial charge in [-0.05, 0) is 41.5 Å². The maximum absolute atomic E-state index is 9.87. The van der Waals surface area contributed by atoms with Gasteiger partial charge < -0.3 is 19.3 Å². The van der Waals surface area contributed by atoms with E-state index >= 15 is 0 Å². The van der Waals surface area contributed by atoms with Crippen molar-refractivity contribution >= 4 is 6.21 Å². The van der Waals surface area contributed by atoms with Crippen LogP contribution in [0.2, 0.25) is 0 Å². The van der Waals surface area contributed by atoms with Gasteiger partial charge in [0.05, 0.1) is 19.3 Å². The number of ether oxygens (including phenoxy) is 3. The zero-order valence-electron chi connectivity index (χ0n) is 18.7. The van der Waals surface area contributed by atoms with Crippen LogP contribution < -0.4 is 14.2 Å². The van der Waals surface area contributed by atoms with Gasteiger partial charge in [-0.15, -0.1) is 0 Å². The molecule has 0 saturated carbocycles. The van der Waals surface area contributed by atoms with Gasteiger partial charge in [0.2, 0.25) is 6.79 Å². The van der Waals surface area contributed by atoms with Gasteiger partial charge in [-0.25, -0.2) is 0 Å². The Morgan fingerprint density at radius 2 is 1.69 bits per heavy atom. The van der Waals surface area contributed by atoms with Crippen LogP contribution in [0.25, 0.3) is 0 Å². The number of rotatable bonds is 4. The molecule has 0 aliphatic carbocycles. The van der Waals surface area contributed by atoms with Crippen LogP contribution >= 0.6 is 0 Å². The molecule has 2 aromatic rings. The molecule has 4 saturated heterocycles. The summed E-state index contributed by atoms with van der Waals surface area (Å²) in [6.45, 7) is 9.10. The first-order chi connectivity index (χ1) is 15.4. The van der Waals surface area contributed by atoms with Crippen molar-refractivity contribution in [2.24, 2.45) is 15.8 Å². The lowest BCUT2D eigenvalue weighted by Crippen LogP contribution is -2.76. The number of aliphatic imine (C=N–C) groups is 1. The van der Waals surface area contributed by atoms with E-state index in [2.05, 4.69) is 35.8 Å². The predicted molar refractivity (Wildman–Crippen MR) is 121 cm³/mol. The molecule has 5 heterocycles. The molecule has 5 aliphatic rings. The van der Waals surface area contributed by atoms with Gasteiger partial charge >= 0.3 is 0 Å². The first-order valence-electron chi connectivity index (χ1n) is 11.2. The standard InChI is InChI=1S/C25H29N3O4/c1-24-11-27-13-25(2,23(24)26-10-16-4-6-18(29)20(8-16)30-3)14-28(12-24)22(27)17-5-7-19-21(9-17)32-15-31-19/h4-10,22-23,29H,11-15H2,1-3H3. The zero-order valence-corrected chi connectivity index (χ0v) is 18.7. The van der Waals surface area contributed by atoms with Crippen LogP contribution in [0, 0.1) is 10.8 Å². The summed E-state index contributed by atoms with van der Waals surface area (Å²) in [5.74, 6) is 2.30. The molecule has 4 bridgehead atoms. The maximum Gasteiger partial charge on any atom is 0.231 e. The second-order valence-electron chi connectivity index (χ2n) is 10.2. The number of benzene rings is 2. The van der Waals surface area contributed by atoms with E-state index in [4.69, 9.17) is 19.2 Å². The highest BCUT2D eigenvalue weighted by Gasteiger charge is 2.62. The largest absolute Gasteiger partial charge is 0.504 e. The summed E-state index contributed by atoms with van der Waals surface area (Å²) in [5.41, 5.74) is 2.38. The van der Waals surface area contributed by atoms with Crippen molar-refractivity contribution < 1.29 is 19.3 Å². The number of nitrogens with zero attached hydrogens (tertiary/aromatic N) is 3. The van der Waals surface area contributed by atoms with E-state index in [0.717, 1.165) is 43.2 Å². The molecule has 0 radical (unpaired) electrons. The second kappa shape index (κ2) is 6.86. The lowest BCUT2D eigenvalue weighted by molar-refractivity contribution is -0.205. The van der Waals surface area contributed by atoms with Crippen molar-refractivity contribution in [2.45, 2.75) is 26.1 Å². The van der Waals surface area contributed by atoms with Crippen molar-refractivity contribution in [3.63, 3.8) is 0 Å². The van der Waals surface area contributed by atoms with E-state index in [9.17, 15) is 5.11 Å². The molecule has 0 aromatic heterocycles. The minimum atomic E-state index is 0.0790. The number of piperidine rings is 2. The van der Waals surface area contributed by atoms with Crippen molar-refractivity contribution in [2.75, 3.05) is 40.1 Å². The van der Waals surface area contributed by atoms with Gasteiger partial charge in [0.15, 0.2) is 23.0 Å². The first-order valence-corrected chi connectivity index (χ1v) is 11.2. The SMILES string of the molecule is COc1cc(C=NC2C3(C)CN4CC2(C)CN(C3)C4c2ccc3c(c2)OCO3)ccc1O. The second-order valence-corrected chi connectivity index (χ2v) is 10.2. The first kappa shape index (κ1) is 19.9. The lowest BCUT2D eigenvalue weighted by atomic mass is 9.59. The summed E-state index contributed by atoms with van der Waals surface area (Å²) in [5, 5.41) is 9.87. The number of aromatic hydroxyl groups is 1. The van der Waals surface area contributed by atoms with Crippen LogP contribution in [0.5, 0.6) is 23.0 Å². The fourth-order valence-electron chi connectivity index (χ4n) is 6.62. The van der Waals surface area contributed by atoms with Gasteiger partial charge in [-0.1, -0.05) is 19.9 Å². The Morgan fingerprint density at radius 1 is 1.00 bits per heavy atom. The highest BCUT2D eigenvalue weighted by Crippen LogP contribution is 2.56. The van der Waals surface area contributed by atoms with E-state index in [1.165, 1.54) is 5.56 Å². The summed E-state index contributed by atoms with van der Waals surface area (Å²) in [6, 6.07) is 12.0. The van der Waals surface area contributed by atoms with Crippen molar-refractivity contribution in [1.82, 2.24) is 9.80 Å². The molecule has 1 N–H and O–H groups in total. The lowest BCUT2D eigenvalue weighted by Gasteiger charge is -2.68. The molecule has 0 spiro atoms. The van der Waals surface area contributed by atoms with Crippen LogP contribution in [0.3, 0.4) is 0 Å². The van der Waals surface area contributed by atoms with E-state index < -0.39 is 0 Å². The topological polar surface area (TPSA) is 66.8 Å². The van der Waals surface area contributed by atoms with E-state index in [1.54, 1.807) is 13.2 Å². The molecule has 0 unspecified atom stereocenters. The third-order valence-corrected chi connectivity index (χ3v) is 7.54. The van der Waals surface area contributed by atoms with Gasteiger partial charge in [-0.2, -0.15) is 0 Å². The summed E-state index contributed by atoms with van der Waals surface area (Å²) >= 11 is 0. The Morgan fingerprint density at radius 3 is 2.38 bits per heavy atom. The fraction of sp³-hybridized carbons (Fsp3) is 0.480. The van der Waals surface area contributed by atoms with Crippen LogP contribution in [-0.4, -0.2) is 67.2 Å².